The molecular weight excluding hydrogens is 352 g/mol. The van der Waals surface area contributed by atoms with Crippen molar-refractivity contribution in [2.24, 2.45) is 11.8 Å². The zero-order valence-electron chi connectivity index (χ0n) is 16.4. The first-order chi connectivity index (χ1) is 13.5. The van der Waals surface area contributed by atoms with Crippen molar-refractivity contribution in [2.75, 3.05) is 13.1 Å². The molecule has 1 saturated carbocycles. The molecule has 3 aliphatic heterocycles. The Morgan fingerprint density at radius 3 is 2.93 bits per heavy atom. The number of fused-ring (bicyclic) bond motifs is 4. The van der Waals surface area contributed by atoms with Crippen molar-refractivity contribution in [3.05, 3.63) is 35.0 Å². The molecule has 5 heteroatoms. The molecule has 1 aromatic heterocycles. The summed E-state index contributed by atoms with van der Waals surface area (Å²) >= 11 is 0. The quantitative estimate of drug-likeness (QED) is 0.779. The molecule has 3 fully saturated rings. The van der Waals surface area contributed by atoms with E-state index in [9.17, 15) is 9.59 Å². The molecule has 4 aliphatic rings. The third-order valence-corrected chi connectivity index (χ3v) is 7.33. The highest BCUT2D eigenvalue weighted by Crippen LogP contribution is 2.51. The van der Waals surface area contributed by atoms with Crippen LogP contribution >= 0.6 is 0 Å². The summed E-state index contributed by atoms with van der Waals surface area (Å²) in [5.74, 6) is 0.932. The first-order valence-corrected chi connectivity index (χ1v) is 10.6. The molecule has 1 aliphatic carbocycles. The molecule has 2 N–H and O–H groups in total. The largest absolute Gasteiger partial charge is 0.481 e. The van der Waals surface area contributed by atoms with E-state index >= 15 is 0 Å². The summed E-state index contributed by atoms with van der Waals surface area (Å²) in [6.07, 6.45) is 4.79. The van der Waals surface area contributed by atoms with E-state index in [-0.39, 0.29) is 12.2 Å². The Morgan fingerprint density at radius 1 is 1.29 bits per heavy atom. The Hall–Kier alpha value is -2.14. The molecule has 0 amide bonds. The van der Waals surface area contributed by atoms with Gasteiger partial charge in [0.1, 0.15) is 12.2 Å². The molecule has 5 nitrogen and oxygen atoms in total. The molecule has 4 heterocycles. The number of hydrogen-bond acceptors (Lipinski definition) is 3. The second kappa shape index (κ2) is 6.73. The van der Waals surface area contributed by atoms with Crippen LogP contribution in [0, 0.1) is 11.8 Å². The van der Waals surface area contributed by atoms with Crippen molar-refractivity contribution in [2.45, 2.75) is 57.4 Å². The highest BCUT2D eigenvalue weighted by Gasteiger charge is 2.48. The van der Waals surface area contributed by atoms with Crippen LogP contribution in [0.4, 0.5) is 0 Å². The number of aromatic nitrogens is 1. The fraction of sp³-hybridized carbons (Fsp3) is 0.565. The summed E-state index contributed by atoms with van der Waals surface area (Å²) in [7, 11) is 0. The number of ketones is 1. The highest BCUT2D eigenvalue weighted by atomic mass is 16.4. The van der Waals surface area contributed by atoms with Gasteiger partial charge >= 0.3 is 5.97 Å². The SMILES string of the molecule is CCC1CC2CC3c4[nH]c5ccc(CC(=O)CC(=O)O)cc5c4CCN(C2)C13. The van der Waals surface area contributed by atoms with E-state index in [0.29, 0.717) is 12.0 Å². The average molecular weight is 380 g/mol. The molecule has 0 spiro atoms. The minimum absolute atomic E-state index is 0.195. The van der Waals surface area contributed by atoms with Gasteiger partial charge in [0.2, 0.25) is 0 Å². The van der Waals surface area contributed by atoms with Crippen molar-refractivity contribution in [3.8, 4) is 0 Å². The summed E-state index contributed by atoms with van der Waals surface area (Å²) in [5, 5.41) is 10.1. The number of piperidine rings is 2. The lowest BCUT2D eigenvalue weighted by atomic mass is 9.65. The number of aliphatic carboxylic acids is 1. The molecule has 1 aromatic carbocycles. The van der Waals surface area contributed by atoms with Gasteiger partial charge in [-0.1, -0.05) is 19.4 Å². The van der Waals surface area contributed by atoms with Gasteiger partial charge in [0, 0.05) is 48.1 Å². The summed E-state index contributed by atoms with van der Waals surface area (Å²) in [6, 6.07) is 6.82. The molecule has 2 saturated heterocycles. The van der Waals surface area contributed by atoms with Gasteiger partial charge in [0.15, 0.2) is 0 Å². The summed E-state index contributed by atoms with van der Waals surface area (Å²) in [4.78, 5) is 29.2. The maximum Gasteiger partial charge on any atom is 0.310 e. The molecular formula is C23H28N2O3. The second-order valence-corrected chi connectivity index (χ2v) is 9.03. The Bertz CT molecular complexity index is 947. The van der Waals surface area contributed by atoms with Crippen LogP contribution in [0.2, 0.25) is 0 Å². The number of carboxylic acid groups (broad SMARTS) is 1. The number of Topliss-reactive ketones (excluding diaryl/α,β-unsaturated/α-hetero) is 1. The van der Waals surface area contributed by atoms with E-state index in [1.165, 1.54) is 42.5 Å². The van der Waals surface area contributed by atoms with Crippen molar-refractivity contribution in [1.29, 1.82) is 0 Å². The maximum atomic E-state index is 12.0. The van der Waals surface area contributed by atoms with Crippen LogP contribution in [0.1, 0.15) is 55.3 Å². The van der Waals surface area contributed by atoms with E-state index < -0.39 is 12.4 Å². The Balaban J connectivity index is 1.51. The fourth-order valence-corrected chi connectivity index (χ4v) is 6.31. The monoisotopic (exact) mass is 380 g/mol. The van der Waals surface area contributed by atoms with Gasteiger partial charge in [0.05, 0.1) is 0 Å². The number of nitrogens with zero attached hydrogens (tertiary/aromatic N) is 1. The number of hydrogen-bond donors (Lipinski definition) is 2. The minimum Gasteiger partial charge on any atom is -0.481 e. The van der Waals surface area contributed by atoms with Crippen molar-refractivity contribution < 1.29 is 14.7 Å². The van der Waals surface area contributed by atoms with Crippen LogP contribution < -0.4 is 0 Å². The van der Waals surface area contributed by atoms with Crippen LogP contribution in [0.15, 0.2) is 18.2 Å². The minimum atomic E-state index is -1.05. The number of aromatic amines is 1. The first-order valence-electron chi connectivity index (χ1n) is 10.6. The van der Waals surface area contributed by atoms with E-state index in [0.717, 1.165) is 35.9 Å². The predicted octanol–water partition coefficient (Wildman–Crippen LogP) is 3.51. The Morgan fingerprint density at radius 2 is 2.14 bits per heavy atom. The zero-order valence-corrected chi connectivity index (χ0v) is 16.4. The maximum absolute atomic E-state index is 12.0. The van der Waals surface area contributed by atoms with Crippen molar-refractivity contribution in [1.82, 2.24) is 9.88 Å². The fourth-order valence-electron chi connectivity index (χ4n) is 6.31. The van der Waals surface area contributed by atoms with Crippen molar-refractivity contribution in [3.63, 3.8) is 0 Å². The average Bonchev–Trinajstić information content (AvgIpc) is 2.98. The normalized spacial score (nSPS) is 30.8. The van der Waals surface area contributed by atoms with E-state index in [1.54, 1.807) is 0 Å². The molecule has 6 rings (SSSR count). The van der Waals surface area contributed by atoms with Gasteiger partial charge in [-0.3, -0.25) is 14.5 Å². The van der Waals surface area contributed by atoms with Gasteiger partial charge in [0.25, 0.3) is 0 Å². The highest BCUT2D eigenvalue weighted by molar-refractivity contribution is 5.96. The van der Waals surface area contributed by atoms with Gasteiger partial charge in [-0.05, 0) is 54.4 Å². The third kappa shape index (κ3) is 2.87. The number of rotatable bonds is 5. The topological polar surface area (TPSA) is 73.4 Å². The van der Waals surface area contributed by atoms with E-state index in [4.69, 9.17) is 5.11 Å². The second-order valence-electron chi connectivity index (χ2n) is 9.03. The number of carbonyl (C=O) groups is 2. The summed E-state index contributed by atoms with van der Waals surface area (Å²) < 4.78 is 0. The van der Waals surface area contributed by atoms with Gasteiger partial charge < -0.3 is 10.1 Å². The van der Waals surface area contributed by atoms with Crippen LogP contribution in [-0.2, 0) is 22.4 Å². The number of H-pyrrole nitrogens is 1. The lowest BCUT2D eigenvalue weighted by Crippen LogP contribution is -2.56. The lowest BCUT2D eigenvalue weighted by molar-refractivity contribution is -0.140. The van der Waals surface area contributed by atoms with E-state index in [1.807, 2.05) is 6.07 Å². The van der Waals surface area contributed by atoms with E-state index in [2.05, 4.69) is 28.9 Å². The number of carboxylic acids is 1. The smallest absolute Gasteiger partial charge is 0.310 e. The number of carbonyl (C=O) groups excluding carboxylic acids is 1. The zero-order chi connectivity index (χ0) is 19.4. The van der Waals surface area contributed by atoms with Crippen molar-refractivity contribution >= 4 is 22.7 Å². The number of nitrogens with one attached hydrogen (secondary N) is 1. The van der Waals surface area contributed by atoms with Crippen LogP contribution in [-0.4, -0.2) is 45.9 Å². The molecule has 28 heavy (non-hydrogen) atoms. The standard InChI is InChI=1S/C23H28N2O3/c1-2-15-7-14-10-19-22-17(5-6-25(12-14)23(15)19)18-9-13(3-4-20(18)24-22)8-16(26)11-21(27)28/h3-4,9,14-15,19,23-24H,2,5-8,10-12H2,1H3,(H,27,28). The number of benzene rings is 1. The summed E-state index contributed by atoms with van der Waals surface area (Å²) in [6.45, 7) is 4.72. The van der Waals surface area contributed by atoms with Gasteiger partial charge in [-0.25, -0.2) is 0 Å². The Kier molecular flexibility index (Phi) is 4.31. The van der Waals surface area contributed by atoms with Crippen LogP contribution in [0.25, 0.3) is 10.9 Å². The predicted molar refractivity (Wildman–Crippen MR) is 108 cm³/mol. The molecule has 5 unspecified atom stereocenters. The van der Waals surface area contributed by atoms with Gasteiger partial charge in [-0.2, -0.15) is 0 Å². The lowest BCUT2D eigenvalue weighted by Gasteiger charge is -2.53. The molecule has 0 radical (unpaired) electrons. The third-order valence-electron chi connectivity index (χ3n) is 7.33. The van der Waals surface area contributed by atoms with Crippen LogP contribution in [0.5, 0.6) is 0 Å². The molecule has 2 aromatic rings. The molecule has 4 bridgehead atoms. The first kappa shape index (κ1) is 17.9. The molecule has 148 valence electrons. The van der Waals surface area contributed by atoms with Gasteiger partial charge in [-0.15, -0.1) is 0 Å². The van der Waals surface area contributed by atoms with Crippen LogP contribution in [0.3, 0.4) is 0 Å². The Labute approximate surface area is 165 Å². The summed E-state index contributed by atoms with van der Waals surface area (Å²) in [5.41, 5.74) is 4.93. The molecule has 5 atom stereocenters.